The molecule has 0 unspecified atom stereocenters. The first-order valence-corrected chi connectivity index (χ1v) is 7.99. The molecule has 6 heteroatoms. The molecule has 0 spiro atoms. The highest BCUT2D eigenvalue weighted by atomic mass is 32.2. The molecule has 1 fully saturated rings. The fourth-order valence-electron chi connectivity index (χ4n) is 2.04. The molecule has 0 heterocycles. The third kappa shape index (κ3) is 8.10. The molecule has 1 aliphatic carbocycles. The molecule has 0 bridgehead atoms. The maximum Gasteiger partial charge on any atom is 0.321 e. The van der Waals surface area contributed by atoms with Gasteiger partial charge in [-0.3, -0.25) is 10.1 Å². The number of nitrogens with one attached hydrogen (secondary N) is 2. The molecule has 0 aromatic rings. The van der Waals surface area contributed by atoms with Crippen LogP contribution in [-0.4, -0.2) is 35.0 Å². The van der Waals surface area contributed by atoms with Crippen LogP contribution in [0, 0.1) is 0 Å². The maximum absolute atomic E-state index is 11.6. The number of rotatable bonds is 5. The van der Waals surface area contributed by atoms with Gasteiger partial charge in [0.2, 0.25) is 5.91 Å². The fourth-order valence-corrected chi connectivity index (χ4v) is 2.92. The number of urea groups is 1. The Morgan fingerprint density at radius 1 is 1.26 bits per heavy atom. The average Bonchev–Trinajstić information content (AvgIpc) is 2.28. The molecule has 0 saturated heterocycles. The number of nitrogens with two attached hydrogens (primary N) is 1. The lowest BCUT2D eigenvalue weighted by Gasteiger charge is -2.22. The van der Waals surface area contributed by atoms with Crippen LogP contribution in [0.2, 0.25) is 0 Å². The maximum atomic E-state index is 11.6. The first-order valence-electron chi connectivity index (χ1n) is 6.84. The quantitative estimate of drug-likeness (QED) is 0.717. The third-order valence-electron chi connectivity index (χ3n) is 2.90. The summed E-state index contributed by atoms with van der Waals surface area (Å²) < 4.78 is 0. The van der Waals surface area contributed by atoms with Crippen molar-refractivity contribution >= 4 is 23.7 Å². The van der Waals surface area contributed by atoms with E-state index in [2.05, 4.69) is 10.6 Å². The highest BCUT2D eigenvalue weighted by molar-refractivity contribution is 8.00. The van der Waals surface area contributed by atoms with Crippen LogP contribution >= 0.6 is 11.8 Å². The summed E-state index contributed by atoms with van der Waals surface area (Å²) in [4.78, 5) is 23.2. The Morgan fingerprint density at radius 2 is 1.89 bits per heavy atom. The summed E-state index contributed by atoms with van der Waals surface area (Å²) in [5.41, 5.74) is 5.52. The summed E-state index contributed by atoms with van der Waals surface area (Å²) in [6, 6.07) is -0.151. The van der Waals surface area contributed by atoms with Crippen LogP contribution in [0.4, 0.5) is 4.79 Å². The Hall–Kier alpha value is -0.750. The lowest BCUT2D eigenvalue weighted by Crippen LogP contribution is -2.45. The van der Waals surface area contributed by atoms with Crippen molar-refractivity contribution in [2.75, 3.05) is 11.5 Å². The van der Waals surface area contributed by atoms with Gasteiger partial charge in [0.25, 0.3) is 0 Å². The van der Waals surface area contributed by atoms with E-state index in [9.17, 15) is 9.59 Å². The molecule has 0 aliphatic heterocycles. The zero-order valence-corrected chi connectivity index (χ0v) is 12.6. The molecule has 0 atom stereocenters. The molecule has 1 saturated carbocycles. The van der Waals surface area contributed by atoms with E-state index in [0.29, 0.717) is 5.75 Å². The van der Waals surface area contributed by atoms with Gasteiger partial charge in [0.1, 0.15) is 0 Å². The van der Waals surface area contributed by atoms with Crippen LogP contribution < -0.4 is 16.4 Å². The van der Waals surface area contributed by atoms with Gasteiger partial charge in [0.05, 0.1) is 5.75 Å². The number of carbonyl (C=O) groups is 2. The summed E-state index contributed by atoms with van der Waals surface area (Å²) in [7, 11) is 0. The van der Waals surface area contributed by atoms with E-state index < -0.39 is 0 Å². The molecule has 4 N–H and O–H groups in total. The number of amides is 3. The lowest BCUT2D eigenvalue weighted by atomic mass is 9.96. The predicted molar refractivity (Wildman–Crippen MR) is 79.1 cm³/mol. The van der Waals surface area contributed by atoms with Crippen LogP contribution in [-0.2, 0) is 4.79 Å². The molecule has 3 amide bonds. The van der Waals surface area contributed by atoms with Gasteiger partial charge in [-0.1, -0.05) is 19.3 Å². The van der Waals surface area contributed by atoms with Gasteiger partial charge in [-0.05, 0) is 26.7 Å². The SMILES string of the molecule is CC(C)(N)CSCC(=O)NC(=O)NC1CCCCC1. The van der Waals surface area contributed by atoms with Crippen molar-refractivity contribution in [3.8, 4) is 0 Å². The first kappa shape index (κ1) is 16.3. The lowest BCUT2D eigenvalue weighted by molar-refractivity contribution is -0.117. The van der Waals surface area contributed by atoms with E-state index in [0.717, 1.165) is 25.7 Å². The first-order chi connectivity index (χ1) is 8.87. The van der Waals surface area contributed by atoms with Gasteiger partial charge in [0.15, 0.2) is 0 Å². The minimum atomic E-state index is -0.371. The Bertz CT molecular complexity index is 310. The van der Waals surface area contributed by atoms with Crippen LogP contribution in [0.3, 0.4) is 0 Å². The van der Waals surface area contributed by atoms with Crippen molar-refractivity contribution in [3.05, 3.63) is 0 Å². The highest BCUT2D eigenvalue weighted by Gasteiger charge is 2.17. The Kier molecular flexibility index (Phi) is 6.65. The summed E-state index contributed by atoms with van der Waals surface area (Å²) in [5, 5.41) is 5.21. The summed E-state index contributed by atoms with van der Waals surface area (Å²) in [6.45, 7) is 3.82. The van der Waals surface area contributed by atoms with Crippen LogP contribution in [0.25, 0.3) is 0 Å². The molecule has 110 valence electrons. The number of carbonyl (C=O) groups excluding carboxylic acids is 2. The predicted octanol–water partition coefficient (Wildman–Crippen LogP) is 1.62. The third-order valence-corrected chi connectivity index (χ3v) is 4.32. The minimum absolute atomic E-state index is 0.220. The topological polar surface area (TPSA) is 84.2 Å². The van der Waals surface area contributed by atoms with Gasteiger partial charge >= 0.3 is 6.03 Å². The van der Waals surface area contributed by atoms with Crippen LogP contribution in [0.1, 0.15) is 46.0 Å². The van der Waals surface area contributed by atoms with E-state index in [1.54, 1.807) is 0 Å². The second kappa shape index (κ2) is 7.75. The van der Waals surface area contributed by atoms with Crippen molar-refractivity contribution in [1.29, 1.82) is 0 Å². The largest absolute Gasteiger partial charge is 0.335 e. The van der Waals surface area contributed by atoms with Crippen LogP contribution in [0.15, 0.2) is 0 Å². The number of hydrogen-bond donors (Lipinski definition) is 3. The Labute approximate surface area is 119 Å². The van der Waals surface area contributed by atoms with Crippen molar-refractivity contribution in [1.82, 2.24) is 10.6 Å². The molecule has 19 heavy (non-hydrogen) atoms. The highest BCUT2D eigenvalue weighted by Crippen LogP contribution is 2.17. The molecular formula is C13H25N3O2S. The summed E-state index contributed by atoms with van der Waals surface area (Å²) in [5.74, 6) is 0.686. The van der Waals surface area contributed by atoms with E-state index >= 15 is 0 Å². The monoisotopic (exact) mass is 287 g/mol. The zero-order valence-electron chi connectivity index (χ0n) is 11.8. The average molecular weight is 287 g/mol. The Morgan fingerprint density at radius 3 is 2.47 bits per heavy atom. The van der Waals surface area contributed by atoms with Crippen molar-refractivity contribution in [2.45, 2.75) is 57.5 Å². The smallest absolute Gasteiger partial charge is 0.321 e. The van der Waals surface area contributed by atoms with Crippen molar-refractivity contribution in [2.24, 2.45) is 5.73 Å². The molecule has 0 aromatic carbocycles. The second-order valence-corrected chi connectivity index (χ2v) is 6.82. The van der Waals surface area contributed by atoms with Crippen molar-refractivity contribution in [3.63, 3.8) is 0 Å². The summed E-state index contributed by atoms with van der Waals surface area (Å²) >= 11 is 1.44. The van der Waals surface area contributed by atoms with Gasteiger partial charge in [0, 0.05) is 17.3 Å². The van der Waals surface area contributed by atoms with Crippen LogP contribution in [0.5, 0.6) is 0 Å². The van der Waals surface area contributed by atoms with Gasteiger partial charge in [-0.15, -0.1) is 0 Å². The molecule has 1 aliphatic rings. The van der Waals surface area contributed by atoms with Gasteiger partial charge < -0.3 is 11.1 Å². The number of imide groups is 1. The Balaban J connectivity index is 2.15. The van der Waals surface area contributed by atoms with E-state index in [-0.39, 0.29) is 29.3 Å². The van der Waals surface area contributed by atoms with E-state index in [1.165, 1.54) is 18.2 Å². The fraction of sp³-hybridized carbons (Fsp3) is 0.846. The minimum Gasteiger partial charge on any atom is -0.335 e. The standard InChI is InChI=1S/C13H25N3O2S/c1-13(2,14)9-19-8-11(17)16-12(18)15-10-6-4-3-5-7-10/h10H,3-9,14H2,1-2H3,(H2,15,16,17,18). The normalized spacial score (nSPS) is 17.0. The van der Waals surface area contributed by atoms with Crippen molar-refractivity contribution < 1.29 is 9.59 Å². The molecule has 5 nitrogen and oxygen atoms in total. The van der Waals surface area contributed by atoms with Gasteiger partial charge in [-0.25, -0.2) is 4.79 Å². The molecule has 0 radical (unpaired) electrons. The molecule has 1 rings (SSSR count). The number of thioether (sulfide) groups is 1. The van der Waals surface area contributed by atoms with E-state index in [4.69, 9.17) is 5.73 Å². The second-order valence-electron chi connectivity index (χ2n) is 5.84. The van der Waals surface area contributed by atoms with Gasteiger partial charge in [-0.2, -0.15) is 11.8 Å². The summed E-state index contributed by atoms with van der Waals surface area (Å²) in [6.07, 6.45) is 5.57. The van der Waals surface area contributed by atoms with E-state index in [1.807, 2.05) is 13.8 Å². The molecule has 0 aromatic heterocycles. The zero-order chi connectivity index (χ0) is 14.3. The molecular weight excluding hydrogens is 262 g/mol. The number of hydrogen-bond acceptors (Lipinski definition) is 4.